The quantitative estimate of drug-likeness (QED) is 0.855. The predicted octanol–water partition coefficient (Wildman–Crippen LogP) is 1.27. The summed E-state index contributed by atoms with van der Waals surface area (Å²) in [7, 11) is 1.57. The molecule has 1 aromatic carbocycles. The fourth-order valence-electron chi connectivity index (χ4n) is 3.13. The molecular formula is C19H22N4O4. The zero-order valence-corrected chi connectivity index (χ0v) is 15.1. The summed E-state index contributed by atoms with van der Waals surface area (Å²) in [4.78, 5) is 39.0. The fourth-order valence-corrected chi connectivity index (χ4v) is 3.13. The van der Waals surface area contributed by atoms with Crippen molar-refractivity contribution in [3.05, 3.63) is 48.3 Å². The zero-order chi connectivity index (χ0) is 19.4. The number of carboxylic acids is 1. The van der Waals surface area contributed by atoms with Gasteiger partial charge < -0.3 is 14.9 Å². The van der Waals surface area contributed by atoms with Crippen LogP contribution in [0.25, 0.3) is 5.69 Å². The van der Waals surface area contributed by atoms with Crippen LogP contribution in [-0.2, 0) is 9.59 Å². The lowest BCUT2D eigenvalue weighted by Crippen LogP contribution is -2.45. The Morgan fingerprint density at radius 2 is 1.85 bits per heavy atom. The van der Waals surface area contributed by atoms with Gasteiger partial charge >= 0.3 is 5.97 Å². The molecule has 2 amide bonds. The van der Waals surface area contributed by atoms with Crippen LogP contribution in [0.1, 0.15) is 23.2 Å². The van der Waals surface area contributed by atoms with Gasteiger partial charge in [0.15, 0.2) is 0 Å². The van der Waals surface area contributed by atoms with E-state index in [0.29, 0.717) is 31.5 Å². The highest BCUT2D eigenvalue weighted by Gasteiger charge is 2.28. The number of piperidine rings is 1. The summed E-state index contributed by atoms with van der Waals surface area (Å²) in [6.07, 6.45) is 4.01. The highest BCUT2D eigenvalue weighted by Crippen LogP contribution is 2.17. The Morgan fingerprint density at radius 1 is 1.19 bits per heavy atom. The van der Waals surface area contributed by atoms with Gasteiger partial charge in [0, 0.05) is 26.3 Å². The number of hydrogen-bond donors (Lipinski definition) is 1. The molecule has 1 aromatic heterocycles. The fraction of sp³-hybridized carbons (Fsp3) is 0.368. The van der Waals surface area contributed by atoms with Crippen molar-refractivity contribution in [2.24, 2.45) is 5.92 Å². The average molecular weight is 370 g/mol. The molecule has 2 heterocycles. The van der Waals surface area contributed by atoms with Crippen molar-refractivity contribution in [1.82, 2.24) is 19.6 Å². The molecule has 0 spiro atoms. The number of carbonyl (C=O) groups excluding carboxylic acids is 2. The van der Waals surface area contributed by atoms with E-state index in [1.165, 1.54) is 11.1 Å². The highest BCUT2D eigenvalue weighted by atomic mass is 16.4. The maximum atomic E-state index is 12.6. The number of carboxylic acid groups (broad SMARTS) is 1. The van der Waals surface area contributed by atoms with Crippen molar-refractivity contribution >= 4 is 17.8 Å². The minimum atomic E-state index is -0.815. The van der Waals surface area contributed by atoms with Gasteiger partial charge in [-0.3, -0.25) is 14.4 Å². The Morgan fingerprint density at radius 3 is 2.48 bits per heavy atom. The summed E-state index contributed by atoms with van der Waals surface area (Å²) in [5.41, 5.74) is 1.25. The lowest BCUT2D eigenvalue weighted by atomic mass is 9.97. The first kappa shape index (κ1) is 18.6. The number of para-hydroxylation sites is 1. The summed E-state index contributed by atoms with van der Waals surface area (Å²) in [6.45, 7) is 0.765. The third-order valence-corrected chi connectivity index (χ3v) is 4.77. The summed E-state index contributed by atoms with van der Waals surface area (Å²) in [5.74, 6) is -1.67. The monoisotopic (exact) mass is 370 g/mol. The second-order valence-corrected chi connectivity index (χ2v) is 6.66. The molecule has 1 aliphatic heterocycles. The van der Waals surface area contributed by atoms with E-state index in [1.54, 1.807) is 22.8 Å². The van der Waals surface area contributed by atoms with Crippen LogP contribution in [0.5, 0.6) is 0 Å². The maximum absolute atomic E-state index is 12.6. The standard InChI is InChI=1S/C19H22N4O4/c1-21(13-17(24)22-9-7-14(8-10-22)19(26)27)18(25)15-11-20-23(12-15)16-5-3-2-4-6-16/h2-6,11-12,14H,7-10,13H2,1H3,(H,26,27). The smallest absolute Gasteiger partial charge is 0.306 e. The molecule has 2 aromatic rings. The van der Waals surface area contributed by atoms with E-state index in [2.05, 4.69) is 5.10 Å². The van der Waals surface area contributed by atoms with Crippen LogP contribution in [0.2, 0.25) is 0 Å². The number of hydrogen-bond acceptors (Lipinski definition) is 4. The number of rotatable bonds is 5. The van der Waals surface area contributed by atoms with Crippen LogP contribution >= 0.6 is 0 Å². The van der Waals surface area contributed by atoms with Crippen molar-refractivity contribution in [3.63, 3.8) is 0 Å². The third-order valence-electron chi connectivity index (χ3n) is 4.77. The third kappa shape index (κ3) is 4.33. The Bertz CT molecular complexity index is 825. The van der Waals surface area contributed by atoms with Gasteiger partial charge in [-0.05, 0) is 25.0 Å². The summed E-state index contributed by atoms with van der Waals surface area (Å²) >= 11 is 0. The summed E-state index contributed by atoms with van der Waals surface area (Å²) < 4.78 is 1.61. The van der Waals surface area contributed by atoms with Gasteiger partial charge in [-0.2, -0.15) is 5.10 Å². The molecule has 1 fully saturated rings. The first-order chi connectivity index (χ1) is 13.0. The van der Waals surface area contributed by atoms with Gasteiger partial charge in [-0.1, -0.05) is 18.2 Å². The van der Waals surface area contributed by atoms with Crippen molar-refractivity contribution in [1.29, 1.82) is 0 Å². The van der Waals surface area contributed by atoms with Gasteiger partial charge in [0.1, 0.15) is 0 Å². The van der Waals surface area contributed by atoms with Gasteiger partial charge in [0.05, 0.1) is 29.9 Å². The topological polar surface area (TPSA) is 95.7 Å². The number of nitrogens with zero attached hydrogens (tertiary/aromatic N) is 4. The van der Waals surface area contributed by atoms with E-state index < -0.39 is 11.9 Å². The van der Waals surface area contributed by atoms with E-state index in [-0.39, 0.29) is 18.4 Å². The number of benzene rings is 1. The van der Waals surface area contributed by atoms with E-state index >= 15 is 0 Å². The van der Waals surface area contributed by atoms with E-state index in [0.717, 1.165) is 5.69 Å². The molecule has 142 valence electrons. The lowest BCUT2D eigenvalue weighted by molar-refractivity contribution is -0.145. The number of carbonyl (C=O) groups is 3. The van der Waals surface area contributed by atoms with Gasteiger partial charge in [-0.25, -0.2) is 4.68 Å². The molecule has 0 unspecified atom stereocenters. The SMILES string of the molecule is CN(CC(=O)N1CCC(C(=O)O)CC1)C(=O)c1cnn(-c2ccccc2)c1. The molecule has 3 rings (SSSR count). The van der Waals surface area contributed by atoms with E-state index in [1.807, 2.05) is 30.3 Å². The highest BCUT2D eigenvalue weighted by molar-refractivity contribution is 5.96. The van der Waals surface area contributed by atoms with Crippen LogP contribution in [-0.4, -0.2) is 69.2 Å². The van der Waals surface area contributed by atoms with Crippen LogP contribution in [0.3, 0.4) is 0 Å². The van der Waals surface area contributed by atoms with Crippen molar-refractivity contribution in [2.75, 3.05) is 26.7 Å². The molecule has 27 heavy (non-hydrogen) atoms. The molecule has 8 heteroatoms. The van der Waals surface area contributed by atoms with Crippen LogP contribution in [0.4, 0.5) is 0 Å². The second kappa shape index (κ2) is 8.03. The Kier molecular flexibility index (Phi) is 5.54. The average Bonchev–Trinajstić information content (AvgIpc) is 3.18. The van der Waals surface area contributed by atoms with Crippen LogP contribution in [0, 0.1) is 5.92 Å². The van der Waals surface area contributed by atoms with Gasteiger partial charge in [0.25, 0.3) is 5.91 Å². The van der Waals surface area contributed by atoms with Crippen LogP contribution in [0.15, 0.2) is 42.7 Å². The summed E-state index contributed by atoms with van der Waals surface area (Å²) in [5, 5.41) is 13.2. The molecule has 8 nitrogen and oxygen atoms in total. The van der Waals surface area contributed by atoms with E-state index in [4.69, 9.17) is 5.11 Å². The van der Waals surface area contributed by atoms with E-state index in [9.17, 15) is 14.4 Å². The number of aromatic nitrogens is 2. The normalized spacial score (nSPS) is 14.8. The first-order valence-electron chi connectivity index (χ1n) is 8.82. The molecule has 1 saturated heterocycles. The number of amides is 2. The van der Waals surface area contributed by atoms with Crippen molar-refractivity contribution in [3.8, 4) is 5.69 Å². The second-order valence-electron chi connectivity index (χ2n) is 6.66. The molecule has 0 bridgehead atoms. The van der Waals surface area contributed by atoms with Gasteiger partial charge in [0.2, 0.25) is 5.91 Å². The molecule has 0 radical (unpaired) electrons. The Balaban J connectivity index is 1.57. The largest absolute Gasteiger partial charge is 0.481 e. The Hall–Kier alpha value is -3.16. The Labute approximate surface area is 157 Å². The molecule has 0 aliphatic carbocycles. The van der Waals surface area contributed by atoms with Crippen molar-refractivity contribution < 1.29 is 19.5 Å². The molecule has 0 atom stereocenters. The minimum absolute atomic E-state index is 0.0485. The van der Waals surface area contributed by atoms with Crippen molar-refractivity contribution in [2.45, 2.75) is 12.8 Å². The minimum Gasteiger partial charge on any atom is -0.481 e. The lowest BCUT2D eigenvalue weighted by Gasteiger charge is -2.31. The maximum Gasteiger partial charge on any atom is 0.306 e. The number of likely N-dealkylation sites (tertiary alicyclic amines) is 1. The first-order valence-corrected chi connectivity index (χ1v) is 8.82. The van der Waals surface area contributed by atoms with Gasteiger partial charge in [-0.15, -0.1) is 0 Å². The van der Waals surface area contributed by atoms with Crippen LogP contribution < -0.4 is 0 Å². The molecule has 0 saturated carbocycles. The molecular weight excluding hydrogens is 348 g/mol. The molecule has 1 N–H and O–H groups in total. The number of aliphatic carboxylic acids is 1. The summed E-state index contributed by atoms with van der Waals surface area (Å²) in [6, 6.07) is 9.44. The zero-order valence-electron chi connectivity index (χ0n) is 15.1. The molecule has 1 aliphatic rings. The number of likely N-dealkylation sites (N-methyl/N-ethyl adjacent to an activating group) is 1. The predicted molar refractivity (Wildman–Crippen MR) is 97.5 cm³/mol.